The maximum Gasteiger partial charge on any atom is 0.328 e. The molecule has 2 N–H and O–H groups in total. The quantitative estimate of drug-likeness (QED) is 0.752. The molecule has 2 rings (SSSR count). The summed E-state index contributed by atoms with van der Waals surface area (Å²) in [5.74, 6) is -1.08. The van der Waals surface area contributed by atoms with Crippen LogP contribution in [0.4, 0.5) is 5.69 Å². The van der Waals surface area contributed by atoms with Gasteiger partial charge in [-0.15, -0.1) is 0 Å². The third-order valence-corrected chi connectivity index (χ3v) is 4.64. The molecule has 0 aliphatic carbocycles. The fourth-order valence-electron chi connectivity index (χ4n) is 3.14. The lowest BCUT2D eigenvalue weighted by atomic mass is 10.0. The smallest absolute Gasteiger partial charge is 0.328 e. The highest BCUT2D eigenvalue weighted by atomic mass is 16.5. The zero-order valence-corrected chi connectivity index (χ0v) is 15.7. The second-order valence-corrected chi connectivity index (χ2v) is 6.74. The molecule has 7 heteroatoms. The number of likely N-dealkylation sites (tertiary alicyclic amines) is 1. The van der Waals surface area contributed by atoms with Crippen LogP contribution >= 0.6 is 0 Å². The van der Waals surface area contributed by atoms with E-state index in [1.54, 1.807) is 25.2 Å². The molecule has 1 aliphatic rings. The van der Waals surface area contributed by atoms with Gasteiger partial charge in [-0.3, -0.25) is 9.59 Å². The summed E-state index contributed by atoms with van der Waals surface area (Å²) < 4.78 is 4.80. The summed E-state index contributed by atoms with van der Waals surface area (Å²) in [6, 6.07) is 5.78. The summed E-state index contributed by atoms with van der Waals surface area (Å²) in [6.07, 6.45) is 1.33. The molecule has 0 aromatic heterocycles. The number of esters is 1. The van der Waals surface area contributed by atoms with Gasteiger partial charge >= 0.3 is 5.97 Å². The first-order valence-corrected chi connectivity index (χ1v) is 8.86. The van der Waals surface area contributed by atoms with Crippen molar-refractivity contribution in [3.63, 3.8) is 0 Å². The van der Waals surface area contributed by atoms with Gasteiger partial charge in [-0.25, -0.2) is 4.79 Å². The van der Waals surface area contributed by atoms with Gasteiger partial charge in [0, 0.05) is 24.8 Å². The number of amides is 2. The highest BCUT2D eigenvalue weighted by Gasteiger charge is 2.39. The minimum atomic E-state index is -0.703. The lowest BCUT2D eigenvalue weighted by Gasteiger charge is -2.30. The monoisotopic (exact) mass is 361 g/mol. The maximum atomic E-state index is 13.0. The average Bonchev–Trinajstić information content (AvgIpc) is 3.14. The van der Waals surface area contributed by atoms with Crippen LogP contribution in [0.3, 0.4) is 0 Å². The van der Waals surface area contributed by atoms with Crippen LogP contribution in [0.25, 0.3) is 0 Å². The van der Waals surface area contributed by atoms with Crippen LogP contribution in [0.2, 0.25) is 0 Å². The SMILES string of the molecule is CNc1cccc(C(=O)N[C@H](C(=O)N2CCC[C@H]2C(=O)OC)C(C)C)c1. The first-order chi connectivity index (χ1) is 12.4. The Balaban J connectivity index is 2.16. The van der Waals surface area contributed by atoms with E-state index >= 15 is 0 Å². The number of nitrogens with zero attached hydrogens (tertiary/aromatic N) is 1. The van der Waals surface area contributed by atoms with Crippen LogP contribution in [0.15, 0.2) is 24.3 Å². The van der Waals surface area contributed by atoms with E-state index in [9.17, 15) is 14.4 Å². The maximum absolute atomic E-state index is 13.0. The summed E-state index contributed by atoms with van der Waals surface area (Å²) in [5, 5.41) is 5.81. The summed E-state index contributed by atoms with van der Waals surface area (Å²) in [5.41, 5.74) is 1.29. The number of hydrogen-bond acceptors (Lipinski definition) is 5. The number of hydrogen-bond donors (Lipinski definition) is 2. The molecule has 2 amide bonds. The van der Waals surface area contributed by atoms with Crippen LogP contribution in [-0.2, 0) is 14.3 Å². The molecule has 1 fully saturated rings. The third-order valence-electron chi connectivity index (χ3n) is 4.64. The van der Waals surface area contributed by atoms with Crippen molar-refractivity contribution < 1.29 is 19.1 Å². The fourth-order valence-corrected chi connectivity index (χ4v) is 3.14. The van der Waals surface area contributed by atoms with E-state index in [-0.39, 0.29) is 17.7 Å². The van der Waals surface area contributed by atoms with Crippen molar-refractivity contribution in [3.05, 3.63) is 29.8 Å². The van der Waals surface area contributed by atoms with Crippen molar-refractivity contribution in [2.75, 3.05) is 26.0 Å². The van der Waals surface area contributed by atoms with Gasteiger partial charge in [-0.05, 0) is 37.0 Å². The summed E-state index contributed by atoms with van der Waals surface area (Å²) in [6.45, 7) is 4.24. The number of carbonyl (C=O) groups excluding carboxylic acids is 3. The molecule has 0 saturated carbocycles. The first-order valence-electron chi connectivity index (χ1n) is 8.86. The molecule has 1 aliphatic heterocycles. The van der Waals surface area contributed by atoms with Crippen molar-refractivity contribution in [2.45, 2.75) is 38.8 Å². The summed E-state index contributed by atoms with van der Waals surface area (Å²) in [7, 11) is 3.09. The zero-order chi connectivity index (χ0) is 19.3. The van der Waals surface area contributed by atoms with Crippen LogP contribution in [-0.4, -0.2) is 55.5 Å². The van der Waals surface area contributed by atoms with Crippen molar-refractivity contribution >= 4 is 23.5 Å². The van der Waals surface area contributed by atoms with Gasteiger partial charge in [0.2, 0.25) is 5.91 Å². The molecule has 0 bridgehead atoms. The Morgan fingerprint density at radius 3 is 2.62 bits per heavy atom. The topological polar surface area (TPSA) is 87.7 Å². The van der Waals surface area contributed by atoms with E-state index in [0.717, 1.165) is 12.1 Å². The number of benzene rings is 1. The Labute approximate surface area is 154 Å². The van der Waals surface area contributed by atoms with Gasteiger partial charge in [-0.1, -0.05) is 19.9 Å². The molecule has 2 atom stereocenters. The van der Waals surface area contributed by atoms with Gasteiger partial charge in [0.25, 0.3) is 5.91 Å². The Hall–Kier alpha value is -2.57. The Bertz CT molecular complexity index is 675. The predicted molar refractivity (Wildman–Crippen MR) is 98.8 cm³/mol. The second-order valence-electron chi connectivity index (χ2n) is 6.74. The number of methoxy groups -OCH3 is 1. The number of carbonyl (C=O) groups is 3. The first kappa shape index (κ1) is 19.8. The molecule has 1 saturated heterocycles. The standard InChI is InChI=1S/C19H27N3O4/c1-12(2)16(18(24)22-10-6-9-15(22)19(25)26-4)21-17(23)13-7-5-8-14(11-13)20-3/h5,7-8,11-12,15-16,20H,6,9-10H2,1-4H3,(H,21,23)/t15-,16-/m0/s1. The largest absolute Gasteiger partial charge is 0.467 e. The van der Waals surface area contributed by atoms with E-state index in [0.29, 0.717) is 18.5 Å². The molecule has 26 heavy (non-hydrogen) atoms. The second kappa shape index (κ2) is 8.69. The predicted octanol–water partition coefficient (Wildman–Crippen LogP) is 1.65. The van der Waals surface area contributed by atoms with E-state index in [1.807, 2.05) is 19.9 Å². The summed E-state index contributed by atoms with van der Waals surface area (Å²) in [4.78, 5) is 39.1. The number of nitrogens with one attached hydrogen (secondary N) is 2. The molecule has 0 spiro atoms. The molecule has 7 nitrogen and oxygen atoms in total. The van der Waals surface area contributed by atoms with E-state index in [4.69, 9.17) is 4.74 Å². The van der Waals surface area contributed by atoms with Crippen molar-refractivity contribution in [1.82, 2.24) is 10.2 Å². The van der Waals surface area contributed by atoms with Gasteiger partial charge in [0.05, 0.1) is 7.11 Å². The van der Waals surface area contributed by atoms with Crippen LogP contribution in [0.5, 0.6) is 0 Å². The van der Waals surface area contributed by atoms with Crippen molar-refractivity contribution in [3.8, 4) is 0 Å². The summed E-state index contributed by atoms with van der Waals surface area (Å²) >= 11 is 0. The lowest BCUT2D eigenvalue weighted by molar-refractivity contribution is -0.151. The van der Waals surface area contributed by atoms with Crippen LogP contribution < -0.4 is 10.6 Å². The molecule has 1 aromatic rings. The van der Waals surface area contributed by atoms with E-state index < -0.39 is 18.1 Å². The zero-order valence-electron chi connectivity index (χ0n) is 15.7. The van der Waals surface area contributed by atoms with E-state index in [2.05, 4.69) is 10.6 Å². The molecular formula is C19H27N3O4. The number of anilines is 1. The minimum Gasteiger partial charge on any atom is -0.467 e. The van der Waals surface area contributed by atoms with Gasteiger partial charge in [0.15, 0.2) is 0 Å². The number of rotatable bonds is 6. The van der Waals surface area contributed by atoms with Crippen molar-refractivity contribution in [1.29, 1.82) is 0 Å². The van der Waals surface area contributed by atoms with E-state index in [1.165, 1.54) is 12.0 Å². The Morgan fingerprint density at radius 1 is 1.27 bits per heavy atom. The molecule has 142 valence electrons. The number of ether oxygens (including phenoxy) is 1. The van der Waals surface area contributed by atoms with Crippen molar-refractivity contribution in [2.24, 2.45) is 5.92 Å². The fraction of sp³-hybridized carbons (Fsp3) is 0.526. The average molecular weight is 361 g/mol. The molecule has 1 heterocycles. The van der Waals surface area contributed by atoms with Gasteiger partial charge in [0.1, 0.15) is 12.1 Å². The lowest BCUT2D eigenvalue weighted by Crippen LogP contribution is -2.53. The Morgan fingerprint density at radius 2 is 2.00 bits per heavy atom. The molecular weight excluding hydrogens is 334 g/mol. The molecule has 1 aromatic carbocycles. The highest BCUT2D eigenvalue weighted by molar-refractivity contribution is 5.99. The molecule has 0 unspecified atom stereocenters. The third kappa shape index (κ3) is 4.33. The Kier molecular flexibility index (Phi) is 6.60. The van der Waals surface area contributed by atoms with Gasteiger partial charge < -0.3 is 20.3 Å². The van der Waals surface area contributed by atoms with Crippen LogP contribution in [0.1, 0.15) is 37.0 Å². The molecule has 0 radical (unpaired) electrons. The minimum absolute atomic E-state index is 0.113. The highest BCUT2D eigenvalue weighted by Crippen LogP contribution is 2.21. The normalized spacial score (nSPS) is 17.7. The van der Waals surface area contributed by atoms with Gasteiger partial charge in [-0.2, -0.15) is 0 Å². The van der Waals surface area contributed by atoms with Crippen LogP contribution in [0, 0.1) is 5.92 Å².